The zero-order valence-corrected chi connectivity index (χ0v) is 12.8. The minimum atomic E-state index is -3.56. The Morgan fingerprint density at radius 2 is 1.95 bits per heavy atom. The van der Waals surface area contributed by atoms with E-state index in [2.05, 4.69) is 20.1 Å². The fourth-order valence-corrected chi connectivity index (χ4v) is 3.75. The number of anilines is 1. The third-order valence-electron chi connectivity index (χ3n) is 3.10. The van der Waals surface area contributed by atoms with Crippen molar-refractivity contribution in [1.82, 2.24) is 14.7 Å². The van der Waals surface area contributed by atoms with Gasteiger partial charge in [-0.25, -0.2) is 18.1 Å². The molecule has 5 N–H and O–H groups in total. The van der Waals surface area contributed by atoms with Gasteiger partial charge in [-0.1, -0.05) is 0 Å². The number of H-pyrrole nitrogens is 1. The topological polar surface area (TPSA) is 113 Å². The van der Waals surface area contributed by atoms with Crippen molar-refractivity contribution in [1.29, 1.82) is 0 Å². The maximum Gasteiger partial charge on any atom is 0.241 e. The number of rotatable bonds is 6. The molecular formula is C13H19N5O2S. The van der Waals surface area contributed by atoms with Crippen LogP contribution in [0.5, 0.6) is 0 Å². The number of sulfonamides is 1. The molecule has 0 amide bonds. The summed E-state index contributed by atoms with van der Waals surface area (Å²) in [5.74, 6) is 6.10. The number of aromatic nitrogens is 2. The molecule has 2 aromatic rings. The number of nitrogen functional groups attached to an aromatic ring is 1. The Hall–Kier alpha value is -1.90. The van der Waals surface area contributed by atoms with E-state index in [4.69, 9.17) is 5.84 Å². The Labute approximate surface area is 124 Å². The summed E-state index contributed by atoms with van der Waals surface area (Å²) in [7, 11) is -3.56. The van der Waals surface area contributed by atoms with Crippen LogP contribution in [-0.4, -0.2) is 24.9 Å². The van der Waals surface area contributed by atoms with Crippen molar-refractivity contribution >= 4 is 15.7 Å². The monoisotopic (exact) mass is 309 g/mol. The van der Waals surface area contributed by atoms with E-state index in [1.165, 1.54) is 0 Å². The molecule has 7 nitrogen and oxygen atoms in total. The summed E-state index contributed by atoms with van der Waals surface area (Å²) in [5, 5.41) is 0. The highest BCUT2D eigenvalue weighted by atomic mass is 32.2. The van der Waals surface area contributed by atoms with E-state index in [-0.39, 0.29) is 6.54 Å². The SMILES string of the molecule is Cc1cc(NN)cc(C)c1S(=O)(=O)NCCc1ncc[nH]1. The van der Waals surface area contributed by atoms with Crippen molar-refractivity contribution < 1.29 is 8.42 Å². The van der Waals surface area contributed by atoms with Gasteiger partial charge in [0, 0.05) is 31.0 Å². The Morgan fingerprint density at radius 3 is 2.48 bits per heavy atom. The first-order chi connectivity index (χ1) is 9.94. The lowest BCUT2D eigenvalue weighted by molar-refractivity contribution is 0.579. The molecule has 8 heteroatoms. The van der Waals surface area contributed by atoms with E-state index in [1.807, 2.05) is 0 Å². The normalized spacial score (nSPS) is 11.6. The summed E-state index contributed by atoms with van der Waals surface area (Å²) in [6.45, 7) is 3.77. The van der Waals surface area contributed by atoms with Crippen molar-refractivity contribution in [2.24, 2.45) is 5.84 Å². The molecule has 1 aromatic carbocycles. The van der Waals surface area contributed by atoms with Crippen LogP contribution in [0.25, 0.3) is 0 Å². The van der Waals surface area contributed by atoms with Crippen LogP contribution in [0, 0.1) is 13.8 Å². The Balaban J connectivity index is 2.15. The lowest BCUT2D eigenvalue weighted by Gasteiger charge is -2.13. The Kier molecular flexibility index (Phi) is 4.61. The third kappa shape index (κ3) is 3.60. The zero-order valence-electron chi connectivity index (χ0n) is 12.0. The van der Waals surface area contributed by atoms with Crippen molar-refractivity contribution in [2.45, 2.75) is 25.2 Å². The van der Waals surface area contributed by atoms with Crippen LogP contribution in [0.15, 0.2) is 29.4 Å². The second-order valence-corrected chi connectivity index (χ2v) is 6.47. The average molecular weight is 309 g/mol. The van der Waals surface area contributed by atoms with Crippen LogP contribution in [0.4, 0.5) is 5.69 Å². The molecule has 1 heterocycles. The molecule has 0 saturated carbocycles. The van der Waals surface area contributed by atoms with Crippen molar-refractivity contribution in [3.8, 4) is 0 Å². The van der Waals surface area contributed by atoms with Gasteiger partial charge in [0.25, 0.3) is 0 Å². The summed E-state index contributed by atoms with van der Waals surface area (Å²) >= 11 is 0. The zero-order chi connectivity index (χ0) is 15.5. The van der Waals surface area contributed by atoms with Crippen LogP contribution < -0.4 is 16.0 Å². The van der Waals surface area contributed by atoms with Gasteiger partial charge in [-0.15, -0.1) is 0 Å². The number of aromatic amines is 1. The largest absolute Gasteiger partial charge is 0.349 e. The average Bonchev–Trinajstić information content (AvgIpc) is 2.90. The minimum Gasteiger partial charge on any atom is -0.349 e. The molecule has 0 bridgehead atoms. The summed E-state index contributed by atoms with van der Waals surface area (Å²) in [6, 6.07) is 3.40. The molecule has 0 saturated heterocycles. The number of imidazole rings is 1. The van der Waals surface area contributed by atoms with E-state index in [0.717, 1.165) is 5.82 Å². The Bertz CT molecular complexity index is 687. The summed E-state index contributed by atoms with van der Waals surface area (Å²) in [6.07, 6.45) is 3.85. The molecule has 0 spiro atoms. The second kappa shape index (κ2) is 6.25. The first kappa shape index (κ1) is 15.5. The molecule has 0 fully saturated rings. The van der Waals surface area contributed by atoms with Gasteiger partial charge in [0.2, 0.25) is 10.0 Å². The summed E-state index contributed by atoms with van der Waals surface area (Å²) in [5.41, 5.74) is 4.49. The minimum absolute atomic E-state index is 0.283. The molecule has 0 unspecified atom stereocenters. The highest BCUT2D eigenvalue weighted by Crippen LogP contribution is 2.23. The van der Waals surface area contributed by atoms with Crippen LogP contribution in [0.3, 0.4) is 0 Å². The number of aryl methyl sites for hydroxylation is 2. The number of hydrazine groups is 1. The molecule has 114 valence electrons. The van der Waals surface area contributed by atoms with E-state index in [0.29, 0.717) is 28.1 Å². The van der Waals surface area contributed by atoms with Crippen molar-refractivity contribution in [2.75, 3.05) is 12.0 Å². The number of nitrogens with two attached hydrogens (primary N) is 1. The smallest absolute Gasteiger partial charge is 0.241 e. The van der Waals surface area contributed by atoms with Crippen LogP contribution in [-0.2, 0) is 16.4 Å². The highest BCUT2D eigenvalue weighted by Gasteiger charge is 2.19. The van der Waals surface area contributed by atoms with Gasteiger partial charge in [-0.05, 0) is 37.1 Å². The predicted molar refractivity (Wildman–Crippen MR) is 81.2 cm³/mol. The molecule has 0 atom stereocenters. The Morgan fingerprint density at radius 1 is 1.29 bits per heavy atom. The first-order valence-corrected chi connectivity index (χ1v) is 7.98. The molecule has 0 aliphatic carbocycles. The van der Waals surface area contributed by atoms with Crippen LogP contribution >= 0.6 is 0 Å². The predicted octanol–water partition coefficient (Wildman–Crippen LogP) is 0.833. The molecule has 0 radical (unpaired) electrons. The molecule has 0 aliphatic rings. The fourth-order valence-electron chi connectivity index (χ4n) is 2.27. The maximum atomic E-state index is 12.4. The maximum absolute atomic E-state index is 12.4. The van der Waals surface area contributed by atoms with Crippen molar-refractivity contribution in [3.05, 3.63) is 41.5 Å². The molecule has 21 heavy (non-hydrogen) atoms. The summed E-state index contributed by atoms with van der Waals surface area (Å²) in [4.78, 5) is 7.28. The van der Waals surface area contributed by atoms with E-state index < -0.39 is 10.0 Å². The number of benzene rings is 1. The molecule has 1 aromatic heterocycles. The third-order valence-corrected chi connectivity index (χ3v) is 4.87. The lowest BCUT2D eigenvalue weighted by Crippen LogP contribution is -2.27. The van der Waals surface area contributed by atoms with Crippen molar-refractivity contribution in [3.63, 3.8) is 0 Å². The molecular weight excluding hydrogens is 290 g/mol. The van der Waals surface area contributed by atoms with Gasteiger partial charge in [-0.3, -0.25) is 5.84 Å². The van der Waals surface area contributed by atoms with Gasteiger partial charge in [0.1, 0.15) is 5.82 Å². The van der Waals surface area contributed by atoms with Crippen LogP contribution in [0.1, 0.15) is 17.0 Å². The van der Waals surface area contributed by atoms with E-state index in [9.17, 15) is 8.42 Å². The first-order valence-electron chi connectivity index (χ1n) is 6.50. The second-order valence-electron chi connectivity index (χ2n) is 4.77. The quantitative estimate of drug-likeness (QED) is 0.466. The number of hydrogen-bond donors (Lipinski definition) is 4. The van der Waals surface area contributed by atoms with Gasteiger partial charge in [0.05, 0.1) is 4.90 Å². The summed E-state index contributed by atoms with van der Waals surface area (Å²) < 4.78 is 27.4. The van der Waals surface area contributed by atoms with Gasteiger partial charge >= 0.3 is 0 Å². The van der Waals surface area contributed by atoms with Gasteiger partial charge in [-0.2, -0.15) is 0 Å². The highest BCUT2D eigenvalue weighted by molar-refractivity contribution is 7.89. The molecule has 2 rings (SSSR count). The van der Waals surface area contributed by atoms with Crippen LogP contribution in [0.2, 0.25) is 0 Å². The van der Waals surface area contributed by atoms with E-state index >= 15 is 0 Å². The van der Waals surface area contributed by atoms with Gasteiger partial charge in [0.15, 0.2) is 0 Å². The number of hydrogen-bond acceptors (Lipinski definition) is 5. The number of nitrogens with zero attached hydrogens (tertiary/aromatic N) is 1. The standard InChI is InChI=1S/C13H19N5O2S/c1-9-7-11(18-14)8-10(2)13(9)21(19,20)17-4-3-12-15-5-6-16-12/h5-8,17-18H,3-4,14H2,1-2H3,(H,15,16). The van der Waals surface area contributed by atoms with Gasteiger partial charge < -0.3 is 10.4 Å². The molecule has 0 aliphatic heterocycles. The number of nitrogens with one attached hydrogen (secondary N) is 3. The van der Waals surface area contributed by atoms with E-state index in [1.54, 1.807) is 38.4 Å². The lowest BCUT2D eigenvalue weighted by atomic mass is 10.1. The fraction of sp³-hybridized carbons (Fsp3) is 0.308.